The van der Waals surface area contributed by atoms with Gasteiger partial charge in [-0.2, -0.15) is 0 Å². The maximum atomic E-state index is 12.5. The van der Waals surface area contributed by atoms with Crippen molar-refractivity contribution in [3.05, 3.63) is 62.1 Å². The molecule has 0 bridgehead atoms. The molecule has 2 aromatic carbocycles. The van der Waals surface area contributed by atoms with Gasteiger partial charge in [0.25, 0.3) is 11.6 Å². The molecule has 0 aliphatic carbocycles. The molecule has 0 fully saturated rings. The number of amides is 1. The normalized spacial score (nSPS) is 10.4. The minimum atomic E-state index is -0.502. The van der Waals surface area contributed by atoms with Crippen LogP contribution in [0.4, 0.5) is 11.4 Å². The lowest BCUT2D eigenvalue weighted by Crippen LogP contribution is -2.34. The molecule has 2 aromatic rings. The van der Waals surface area contributed by atoms with Crippen LogP contribution in [0.1, 0.15) is 48.5 Å². The van der Waals surface area contributed by atoms with Crippen molar-refractivity contribution >= 4 is 50.5 Å². The number of nitro benzene ring substituents is 1. The Kier molecular flexibility index (Phi) is 9.19. The summed E-state index contributed by atoms with van der Waals surface area (Å²) in [6, 6.07) is 9.71. The minimum Gasteiger partial charge on any atom is -0.492 e. The van der Waals surface area contributed by atoms with Crippen LogP contribution in [-0.2, 0) is 0 Å². The Morgan fingerprint density at radius 3 is 2.63 bits per heavy atom. The summed E-state index contributed by atoms with van der Waals surface area (Å²) in [5, 5.41) is 16.4. The Morgan fingerprint density at radius 2 is 1.97 bits per heavy atom. The van der Waals surface area contributed by atoms with E-state index in [2.05, 4.69) is 33.5 Å². The first-order valence-electron chi connectivity index (χ1n) is 9.61. The SMILES string of the molecule is CCCCCCOc1ccc(C(=O)NC(=S)Nc2ccc(C)cc2[N+](=O)[O-])cc1Br. The Morgan fingerprint density at radius 1 is 1.20 bits per heavy atom. The van der Waals surface area contributed by atoms with Gasteiger partial charge in [-0.3, -0.25) is 20.2 Å². The van der Waals surface area contributed by atoms with Gasteiger partial charge in [0.2, 0.25) is 0 Å². The van der Waals surface area contributed by atoms with Crippen molar-refractivity contribution in [1.29, 1.82) is 0 Å². The highest BCUT2D eigenvalue weighted by molar-refractivity contribution is 9.10. The second-order valence-corrected chi connectivity index (χ2v) is 8.00. The molecule has 30 heavy (non-hydrogen) atoms. The second-order valence-electron chi connectivity index (χ2n) is 6.74. The molecule has 0 spiro atoms. The number of carbonyl (C=O) groups is 1. The van der Waals surface area contributed by atoms with Gasteiger partial charge >= 0.3 is 0 Å². The van der Waals surface area contributed by atoms with E-state index < -0.39 is 10.8 Å². The number of nitrogens with zero attached hydrogens (tertiary/aromatic N) is 1. The highest BCUT2D eigenvalue weighted by Crippen LogP contribution is 2.27. The van der Waals surface area contributed by atoms with Crippen molar-refractivity contribution in [2.24, 2.45) is 0 Å². The quantitative estimate of drug-likeness (QED) is 0.200. The van der Waals surface area contributed by atoms with Crippen LogP contribution in [0.5, 0.6) is 5.75 Å². The van der Waals surface area contributed by atoms with Gasteiger partial charge in [0.05, 0.1) is 16.0 Å². The van der Waals surface area contributed by atoms with E-state index in [0.717, 1.165) is 18.4 Å². The third kappa shape index (κ3) is 7.07. The first kappa shape index (κ1) is 23.8. The van der Waals surface area contributed by atoms with Gasteiger partial charge in [0.1, 0.15) is 11.4 Å². The van der Waals surface area contributed by atoms with E-state index in [-0.39, 0.29) is 16.5 Å². The number of nitro groups is 1. The van der Waals surface area contributed by atoms with Crippen molar-refractivity contribution in [1.82, 2.24) is 5.32 Å². The van der Waals surface area contributed by atoms with E-state index in [9.17, 15) is 14.9 Å². The molecular weight excluding hydrogens is 470 g/mol. The lowest BCUT2D eigenvalue weighted by atomic mass is 10.2. The van der Waals surface area contributed by atoms with Crippen LogP contribution >= 0.6 is 28.1 Å². The molecular formula is C21H24BrN3O4S. The summed E-state index contributed by atoms with van der Waals surface area (Å²) in [5.41, 5.74) is 1.22. The molecule has 0 aliphatic rings. The Hall–Kier alpha value is -2.52. The zero-order chi connectivity index (χ0) is 22.1. The lowest BCUT2D eigenvalue weighted by Gasteiger charge is -2.12. The van der Waals surface area contributed by atoms with Gasteiger partial charge in [-0.25, -0.2) is 0 Å². The average molecular weight is 494 g/mol. The number of rotatable bonds is 9. The maximum absolute atomic E-state index is 12.5. The average Bonchev–Trinajstić information content (AvgIpc) is 2.69. The predicted octanol–water partition coefficient (Wildman–Crippen LogP) is 5.75. The lowest BCUT2D eigenvalue weighted by molar-refractivity contribution is -0.383. The summed E-state index contributed by atoms with van der Waals surface area (Å²) >= 11 is 8.56. The fourth-order valence-corrected chi connectivity index (χ4v) is 3.39. The number of hydrogen-bond donors (Lipinski definition) is 2. The Bertz CT molecular complexity index is 936. The number of anilines is 1. The molecule has 0 aromatic heterocycles. The smallest absolute Gasteiger partial charge is 0.292 e. The van der Waals surface area contributed by atoms with Gasteiger partial charge in [-0.15, -0.1) is 0 Å². The van der Waals surface area contributed by atoms with Crippen LogP contribution in [0.25, 0.3) is 0 Å². The van der Waals surface area contributed by atoms with Crippen LogP contribution in [-0.4, -0.2) is 22.5 Å². The monoisotopic (exact) mass is 493 g/mol. The summed E-state index contributed by atoms with van der Waals surface area (Å²) in [6.07, 6.45) is 4.45. The summed E-state index contributed by atoms with van der Waals surface area (Å²) in [4.78, 5) is 23.2. The van der Waals surface area contributed by atoms with Gasteiger partial charge in [-0.05, 0) is 71.3 Å². The van der Waals surface area contributed by atoms with E-state index in [1.165, 1.54) is 18.9 Å². The number of hydrogen-bond acceptors (Lipinski definition) is 5. The molecule has 2 N–H and O–H groups in total. The highest BCUT2D eigenvalue weighted by atomic mass is 79.9. The van der Waals surface area contributed by atoms with Crippen LogP contribution in [0.3, 0.4) is 0 Å². The number of thiocarbonyl (C=S) groups is 1. The van der Waals surface area contributed by atoms with E-state index in [4.69, 9.17) is 17.0 Å². The molecule has 2 rings (SSSR count). The second kappa shape index (κ2) is 11.6. The van der Waals surface area contributed by atoms with E-state index in [1.807, 2.05) is 0 Å². The summed E-state index contributed by atoms with van der Waals surface area (Å²) in [5.74, 6) is 0.233. The molecule has 0 atom stereocenters. The fraction of sp³-hybridized carbons (Fsp3) is 0.333. The van der Waals surface area contributed by atoms with E-state index in [0.29, 0.717) is 22.4 Å². The molecule has 1 amide bonds. The number of halogens is 1. The largest absolute Gasteiger partial charge is 0.492 e. The molecule has 0 saturated carbocycles. The van der Waals surface area contributed by atoms with Crippen molar-refractivity contribution in [3.63, 3.8) is 0 Å². The third-order valence-electron chi connectivity index (χ3n) is 4.27. The maximum Gasteiger partial charge on any atom is 0.292 e. The fourth-order valence-electron chi connectivity index (χ4n) is 2.70. The number of nitrogens with one attached hydrogen (secondary N) is 2. The standard InChI is InChI=1S/C21H24BrN3O4S/c1-3-4-5-6-11-29-19-10-8-15(13-16(19)22)20(26)24-21(30)23-17-9-7-14(2)12-18(17)25(27)28/h7-10,12-13H,3-6,11H2,1-2H3,(H2,23,24,26,30). The van der Waals surface area contributed by atoms with Crippen molar-refractivity contribution in [2.75, 3.05) is 11.9 Å². The number of unbranched alkanes of at least 4 members (excludes halogenated alkanes) is 3. The number of benzene rings is 2. The van der Waals surface area contributed by atoms with Gasteiger partial charge in [0.15, 0.2) is 5.11 Å². The van der Waals surface area contributed by atoms with Crippen molar-refractivity contribution in [2.45, 2.75) is 39.5 Å². The van der Waals surface area contributed by atoms with Crippen LogP contribution in [0.15, 0.2) is 40.9 Å². The van der Waals surface area contributed by atoms with Crippen LogP contribution < -0.4 is 15.4 Å². The third-order valence-corrected chi connectivity index (χ3v) is 5.10. The van der Waals surface area contributed by atoms with Crippen molar-refractivity contribution < 1.29 is 14.5 Å². The molecule has 0 saturated heterocycles. The highest BCUT2D eigenvalue weighted by Gasteiger charge is 2.16. The predicted molar refractivity (Wildman–Crippen MR) is 125 cm³/mol. The Balaban J connectivity index is 1.96. The van der Waals surface area contributed by atoms with E-state index >= 15 is 0 Å². The van der Waals surface area contributed by atoms with Crippen LogP contribution in [0.2, 0.25) is 0 Å². The molecule has 160 valence electrons. The molecule has 9 heteroatoms. The first-order valence-corrected chi connectivity index (χ1v) is 10.8. The summed E-state index contributed by atoms with van der Waals surface area (Å²) in [7, 11) is 0. The van der Waals surface area contributed by atoms with Gasteiger partial charge < -0.3 is 10.1 Å². The molecule has 0 aliphatic heterocycles. The topological polar surface area (TPSA) is 93.5 Å². The van der Waals surface area contributed by atoms with Gasteiger partial charge in [-0.1, -0.05) is 32.3 Å². The minimum absolute atomic E-state index is 0.0284. The Labute approximate surface area is 189 Å². The van der Waals surface area contributed by atoms with Crippen molar-refractivity contribution in [3.8, 4) is 5.75 Å². The van der Waals surface area contributed by atoms with E-state index in [1.54, 1.807) is 37.3 Å². The number of aryl methyl sites for hydroxylation is 1. The van der Waals surface area contributed by atoms with Crippen LogP contribution in [0, 0.1) is 17.0 Å². The summed E-state index contributed by atoms with van der Waals surface area (Å²) in [6.45, 7) is 4.53. The first-order chi connectivity index (χ1) is 14.3. The zero-order valence-corrected chi connectivity index (χ0v) is 19.3. The number of carbonyl (C=O) groups excluding carboxylic acids is 1. The molecule has 7 nitrogen and oxygen atoms in total. The zero-order valence-electron chi connectivity index (χ0n) is 16.9. The molecule has 0 heterocycles. The van der Waals surface area contributed by atoms with Gasteiger partial charge in [0, 0.05) is 11.6 Å². The number of ether oxygens (including phenoxy) is 1. The summed E-state index contributed by atoms with van der Waals surface area (Å²) < 4.78 is 6.41. The molecule has 0 unspecified atom stereocenters. The molecule has 0 radical (unpaired) electrons.